The van der Waals surface area contributed by atoms with Crippen LogP contribution >= 0.6 is 15.8 Å². The van der Waals surface area contributed by atoms with Gasteiger partial charge < -0.3 is 0 Å². The van der Waals surface area contributed by atoms with E-state index in [1.165, 1.54) is 16.8 Å². The highest BCUT2D eigenvalue weighted by Gasteiger charge is 2.15. The maximum Gasteiger partial charge on any atom is 0.0424 e. The molecule has 0 unspecified atom stereocenters. The average molecular weight is 371 g/mol. The van der Waals surface area contributed by atoms with E-state index in [9.17, 15) is 0 Å². The second kappa shape index (κ2) is 10.8. The Morgan fingerprint density at radius 2 is 1.28 bits per heavy atom. The summed E-state index contributed by atoms with van der Waals surface area (Å²) in [6.45, 7) is 10.4. The molecule has 25 heavy (non-hydrogen) atoms. The molecule has 0 radical (unpaired) electrons. The third-order valence-electron chi connectivity index (χ3n) is 4.34. The Bertz CT molecular complexity index is 575. The van der Waals surface area contributed by atoms with E-state index in [4.69, 9.17) is 4.99 Å². The topological polar surface area (TPSA) is 12.4 Å². The van der Waals surface area contributed by atoms with Crippen LogP contribution in [0.5, 0.6) is 0 Å². The molecule has 0 fully saturated rings. The van der Waals surface area contributed by atoms with Crippen molar-refractivity contribution < 1.29 is 0 Å². The van der Waals surface area contributed by atoms with Crippen molar-refractivity contribution in [3.8, 4) is 0 Å². The number of nitrogens with zero attached hydrogens (tertiary/aromatic N) is 1. The number of hydrogen-bond acceptors (Lipinski definition) is 1. The molecule has 0 N–H and O–H groups in total. The highest BCUT2D eigenvalue weighted by molar-refractivity contribution is 7.73. The maximum atomic E-state index is 4.77. The fourth-order valence-corrected chi connectivity index (χ4v) is 7.73. The summed E-state index contributed by atoms with van der Waals surface area (Å²) in [4.78, 5) is 4.77. The minimum absolute atomic E-state index is 0.0933. The number of rotatable bonds is 9. The molecule has 3 heteroatoms. The first-order chi connectivity index (χ1) is 12.1. The van der Waals surface area contributed by atoms with E-state index in [0.717, 1.165) is 24.0 Å². The molecule has 0 heterocycles. The van der Waals surface area contributed by atoms with Crippen LogP contribution < -0.4 is 10.6 Å². The quantitative estimate of drug-likeness (QED) is 0.408. The van der Waals surface area contributed by atoms with Gasteiger partial charge in [-0.3, -0.25) is 4.99 Å². The Morgan fingerprint density at radius 1 is 0.800 bits per heavy atom. The molecule has 0 spiro atoms. The molecule has 2 aromatic carbocycles. The lowest BCUT2D eigenvalue weighted by Crippen LogP contribution is -2.14. The standard InChI is InChI=1S/C22H31NP2/c1-19(2)24(20(3)4)17-15-23-16-18-25(21-11-7-5-8-12-21)22-13-9-6-10-14-22/h5-14,16,19-20H,15,17-18H2,1-4H3/b23-16+. The maximum absolute atomic E-state index is 4.77. The lowest BCUT2D eigenvalue weighted by molar-refractivity contribution is 0.984. The van der Waals surface area contributed by atoms with Gasteiger partial charge in [0, 0.05) is 18.9 Å². The van der Waals surface area contributed by atoms with Gasteiger partial charge in [0.05, 0.1) is 0 Å². The Morgan fingerprint density at radius 3 is 1.72 bits per heavy atom. The van der Waals surface area contributed by atoms with Gasteiger partial charge in [0.15, 0.2) is 0 Å². The van der Waals surface area contributed by atoms with Gasteiger partial charge in [-0.2, -0.15) is 0 Å². The van der Waals surface area contributed by atoms with Crippen LogP contribution in [0.4, 0.5) is 0 Å². The average Bonchev–Trinajstić information content (AvgIpc) is 2.62. The van der Waals surface area contributed by atoms with Crippen LogP contribution in [0, 0.1) is 0 Å². The van der Waals surface area contributed by atoms with Crippen LogP contribution in [0.3, 0.4) is 0 Å². The van der Waals surface area contributed by atoms with E-state index >= 15 is 0 Å². The third kappa shape index (κ3) is 6.65. The van der Waals surface area contributed by atoms with Gasteiger partial charge in [0.2, 0.25) is 0 Å². The van der Waals surface area contributed by atoms with Crippen molar-refractivity contribution in [2.75, 3.05) is 18.9 Å². The van der Waals surface area contributed by atoms with Crippen LogP contribution in [0.1, 0.15) is 27.7 Å². The van der Waals surface area contributed by atoms with Crippen molar-refractivity contribution >= 4 is 32.7 Å². The molecular weight excluding hydrogens is 340 g/mol. The first-order valence-corrected chi connectivity index (χ1v) is 12.4. The molecule has 0 saturated heterocycles. The summed E-state index contributed by atoms with van der Waals surface area (Å²) in [6.07, 6.45) is 4.47. The first-order valence-electron chi connectivity index (χ1n) is 9.21. The predicted octanol–water partition coefficient (Wildman–Crippen LogP) is 5.49. The monoisotopic (exact) mass is 371 g/mol. The van der Waals surface area contributed by atoms with Gasteiger partial charge in [-0.1, -0.05) is 96.3 Å². The lowest BCUT2D eigenvalue weighted by Gasteiger charge is -2.24. The SMILES string of the molecule is CC(C)P(CC/N=C/CP(c1ccccc1)c1ccccc1)C(C)C. The molecule has 0 aliphatic rings. The highest BCUT2D eigenvalue weighted by atomic mass is 31.1. The van der Waals surface area contributed by atoms with Crippen molar-refractivity contribution in [2.45, 2.75) is 39.0 Å². The van der Waals surface area contributed by atoms with Gasteiger partial charge in [-0.05, 0) is 36.0 Å². The molecule has 2 aromatic rings. The fourth-order valence-electron chi connectivity index (χ4n) is 3.09. The van der Waals surface area contributed by atoms with Crippen LogP contribution in [0.25, 0.3) is 0 Å². The van der Waals surface area contributed by atoms with Gasteiger partial charge in [0.1, 0.15) is 0 Å². The van der Waals surface area contributed by atoms with Crippen molar-refractivity contribution in [1.29, 1.82) is 0 Å². The predicted molar refractivity (Wildman–Crippen MR) is 119 cm³/mol. The zero-order valence-corrected chi connectivity index (χ0v) is 17.8. The summed E-state index contributed by atoms with van der Waals surface area (Å²) in [5.41, 5.74) is 1.60. The van der Waals surface area contributed by atoms with E-state index in [-0.39, 0.29) is 15.8 Å². The minimum Gasteiger partial charge on any atom is -0.297 e. The first kappa shape index (κ1) is 20.3. The van der Waals surface area contributed by atoms with E-state index in [1.807, 2.05) is 0 Å². The Hall–Kier alpha value is -1.03. The van der Waals surface area contributed by atoms with Crippen LogP contribution in [-0.2, 0) is 0 Å². The molecule has 0 saturated carbocycles. The summed E-state index contributed by atoms with van der Waals surface area (Å²) in [7, 11) is -0.258. The third-order valence-corrected chi connectivity index (χ3v) is 10.1. The highest BCUT2D eigenvalue weighted by Crippen LogP contribution is 2.45. The van der Waals surface area contributed by atoms with Crippen LogP contribution in [-0.4, -0.2) is 36.4 Å². The minimum atomic E-state index is -0.352. The van der Waals surface area contributed by atoms with Gasteiger partial charge in [-0.25, -0.2) is 0 Å². The van der Waals surface area contributed by atoms with Crippen LogP contribution in [0.2, 0.25) is 0 Å². The largest absolute Gasteiger partial charge is 0.297 e. The summed E-state index contributed by atoms with van der Waals surface area (Å²) in [5.74, 6) is 0. The zero-order chi connectivity index (χ0) is 18.1. The molecule has 0 aromatic heterocycles. The molecule has 0 amide bonds. The fraction of sp³-hybridized carbons (Fsp3) is 0.409. The van der Waals surface area contributed by atoms with Crippen molar-refractivity contribution in [3.05, 3.63) is 60.7 Å². The Balaban J connectivity index is 1.99. The van der Waals surface area contributed by atoms with E-state index in [1.54, 1.807) is 0 Å². The summed E-state index contributed by atoms with van der Waals surface area (Å²) >= 11 is 0. The molecule has 0 atom stereocenters. The lowest BCUT2D eigenvalue weighted by atomic mass is 10.4. The van der Waals surface area contributed by atoms with Crippen molar-refractivity contribution in [3.63, 3.8) is 0 Å². The molecule has 134 valence electrons. The van der Waals surface area contributed by atoms with E-state index in [2.05, 4.69) is 94.6 Å². The molecule has 0 aliphatic carbocycles. The molecule has 2 rings (SSSR count). The zero-order valence-electron chi connectivity index (χ0n) is 16.0. The second-order valence-electron chi connectivity index (χ2n) is 6.80. The van der Waals surface area contributed by atoms with Gasteiger partial charge in [0.25, 0.3) is 0 Å². The second-order valence-corrected chi connectivity index (χ2v) is 12.6. The number of benzene rings is 2. The molecule has 0 aliphatic heterocycles. The van der Waals surface area contributed by atoms with Crippen LogP contribution in [0.15, 0.2) is 65.7 Å². The van der Waals surface area contributed by atoms with Crippen molar-refractivity contribution in [2.24, 2.45) is 4.99 Å². The molecular formula is C22H31NP2. The summed E-state index contributed by atoms with van der Waals surface area (Å²) in [6, 6.07) is 21.8. The van der Waals surface area contributed by atoms with Gasteiger partial charge in [-0.15, -0.1) is 0 Å². The molecule has 1 nitrogen and oxygen atoms in total. The molecule has 0 bridgehead atoms. The number of hydrogen-bond donors (Lipinski definition) is 0. The van der Waals surface area contributed by atoms with Gasteiger partial charge >= 0.3 is 0 Å². The number of aliphatic imine (C=N–C) groups is 1. The normalized spacial score (nSPS) is 12.2. The smallest absolute Gasteiger partial charge is 0.0424 e. The van der Waals surface area contributed by atoms with Crippen molar-refractivity contribution in [1.82, 2.24) is 0 Å². The summed E-state index contributed by atoms with van der Waals surface area (Å²) < 4.78 is 0. The van der Waals surface area contributed by atoms with E-state index < -0.39 is 0 Å². The van der Waals surface area contributed by atoms with E-state index in [0.29, 0.717) is 0 Å². The Kier molecular flexibility index (Phi) is 8.80. The summed E-state index contributed by atoms with van der Waals surface area (Å²) in [5, 5.41) is 2.86. The Labute approximate surface area is 156 Å².